The van der Waals surface area contributed by atoms with Gasteiger partial charge in [0.25, 0.3) is 0 Å². The standard InChI is InChI=1S/C15H16ClN3/c1-10-7-8-12-5-3-4-6-13(12)19(10)15-9-14(16)17-11(2)18-15/h3-6,9-10H,7-8H2,1-2H3. The molecule has 1 aromatic heterocycles. The lowest BCUT2D eigenvalue weighted by Crippen LogP contribution is -2.34. The van der Waals surface area contributed by atoms with Crippen LogP contribution in [0.5, 0.6) is 0 Å². The second kappa shape index (κ2) is 4.82. The molecule has 0 saturated carbocycles. The van der Waals surface area contributed by atoms with Gasteiger partial charge in [0, 0.05) is 17.8 Å². The molecule has 0 fully saturated rings. The van der Waals surface area contributed by atoms with Gasteiger partial charge in [0.2, 0.25) is 0 Å². The van der Waals surface area contributed by atoms with Gasteiger partial charge in [-0.1, -0.05) is 29.8 Å². The van der Waals surface area contributed by atoms with E-state index in [4.69, 9.17) is 11.6 Å². The van der Waals surface area contributed by atoms with Gasteiger partial charge in [-0.05, 0) is 38.3 Å². The van der Waals surface area contributed by atoms with E-state index in [2.05, 4.69) is 46.1 Å². The number of para-hydroxylation sites is 1. The van der Waals surface area contributed by atoms with Crippen molar-refractivity contribution < 1.29 is 0 Å². The normalized spacial score (nSPS) is 18.3. The van der Waals surface area contributed by atoms with E-state index in [1.54, 1.807) is 0 Å². The van der Waals surface area contributed by atoms with Gasteiger partial charge in [-0.3, -0.25) is 0 Å². The highest BCUT2D eigenvalue weighted by Gasteiger charge is 2.25. The van der Waals surface area contributed by atoms with Crippen molar-refractivity contribution in [1.29, 1.82) is 0 Å². The van der Waals surface area contributed by atoms with Crippen LogP contribution in [0.4, 0.5) is 11.5 Å². The molecule has 1 aliphatic rings. The Morgan fingerprint density at radius 3 is 2.84 bits per heavy atom. The van der Waals surface area contributed by atoms with Gasteiger partial charge in [0.05, 0.1) is 0 Å². The summed E-state index contributed by atoms with van der Waals surface area (Å²) < 4.78 is 0. The highest BCUT2D eigenvalue weighted by molar-refractivity contribution is 6.29. The Labute approximate surface area is 118 Å². The van der Waals surface area contributed by atoms with Gasteiger partial charge in [0.15, 0.2) is 0 Å². The first kappa shape index (κ1) is 12.4. The number of rotatable bonds is 1. The van der Waals surface area contributed by atoms with Crippen molar-refractivity contribution in [3.8, 4) is 0 Å². The van der Waals surface area contributed by atoms with Gasteiger partial charge in [-0.2, -0.15) is 0 Å². The number of anilines is 2. The third-order valence-electron chi connectivity index (χ3n) is 3.56. The minimum absolute atomic E-state index is 0.417. The molecule has 0 spiro atoms. The summed E-state index contributed by atoms with van der Waals surface area (Å²) in [6.07, 6.45) is 2.24. The van der Waals surface area contributed by atoms with Crippen LogP contribution in [0, 0.1) is 6.92 Å². The highest BCUT2D eigenvalue weighted by atomic mass is 35.5. The van der Waals surface area contributed by atoms with Crippen LogP contribution in [-0.4, -0.2) is 16.0 Å². The molecule has 0 N–H and O–H groups in total. The van der Waals surface area contributed by atoms with Crippen LogP contribution in [0.15, 0.2) is 30.3 Å². The van der Waals surface area contributed by atoms with Crippen LogP contribution >= 0.6 is 11.6 Å². The Bertz CT molecular complexity index is 592. The molecule has 0 saturated heterocycles. The van der Waals surface area contributed by atoms with Crippen molar-refractivity contribution in [1.82, 2.24) is 9.97 Å². The van der Waals surface area contributed by atoms with Gasteiger partial charge in [0.1, 0.15) is 16.8 Å². The maximum Gasteiger partial charge on any atom is 0.138 e. The maximum absolute atomic E-state index is 6.07. The molecule has 4 heteroatoms. The predicted octanol–water partition coefficient (Wildman–Crippen LogP) is 3.91. The van der Waals surface area contributed by atoms with E-state index in [1.807, 2.05) is 13.0 Å². The summed E-state index contributed by atoms with van der Waals surface area (Å²) in [7, 11) is 0. The van der Waals surface area contributed by atoms with Crippen molar-refractivity contribution >= 4 is 23.1 Å². The van der Waals surface area contributed by atoms with Crippen LogP contribution in [0.2, 0.25) is 5.15 Å². The zero-order valence-electron chi connectivity index (χ0n) is 11.1. The molecular formula is C15H16ClN3. The number of hydrogen-bond donors (Lipinski definition) is 0. The monoisotopic (exact) mass is 273 g/mol. The molecule has 3 nitrogen and oxygen atoms in total. The van der Waals surface area contributed by atoms with Crippen LogP contribution in [0.1, 0.15) is 24.7 Å². The van der Waals surface area contributed by atoms with Crippen molar-refractivity contribution in [3.63, 3.8) is 0 Å². The number of nitrogens with zero attached hydrogens (tertiary/aromatic N) is 3. The topological polar surface area (TPSA) is 29.0 Å². The molecule has 0 amide bonds. The Hall–Kier alpha value is -1.61. The molecule has 0 radical (unpaired) electrons. The summed E-state index contributed by atoms with van der Waals surface area (Å²) in [5, 5.41) is 0.498. The summed E-state index contributed by atoms with van der Waals surface area (Å²) in [4.78, 5) is 10.9. The molecule has 1 aliphatic heterocycles. The SMILES string of the molecule is Cc1nc(Cl)cc(N2c3ccccc3CCC2C)n1. The molecule has 1 unspecified atom stereocenters. The number of aromatic nitrogens is 2. The van der Waals surface area contributed by atoms with Crippen LogP contribution < -0.4 is 4.90 Å². The van der Waals surface area contributed by atoms with E-state index in [0.717, 1.165) is 18.7 Å². The summed E-state index contributed by atoms with van der Waals surface area (Å²) in [6, 6.07) is 10.7. The Morgan fingerprint density at radius 2 is 2.05 bits per heavy atom. The van der Waals surface area contributed by atoms with E-state index >= 15 is 0 Å². The van der Waals surface area contributed by atoms with Crippen LogP contribution in [0.25, 0.3) is 0 Å². The molecule has 3 rings (SSSR count). The van der Waals surface area contributed by atoms with Gasteiger partial charge in [-0.25, -0.2) is 9.97 Å². The van der Waals surface area contributed by atoms with E-state index in [-0.39, 0.29) is 0 Å². The third-order valence-corrected chi connectivity index (χ3v) is 3.76. The second-order valence-electron chi connectivity index (χ2n) is 4.98. The second-order valence-corrected chi connectivity index (χ2v) is 5.37. The molecule has 19 heavy (non-hydrogen) atoms. The van der Waals surface area contributed by atoms with Gasteiger partial charge >= 0.3 is 0 Å². The largest absolute Gasteiger partial charge is 0.323 e. The molecule has 0 aliphatic carbocycles. The quantitative estimate of drug-likeness (QED) is 0.738. The summed E-state index contributed by atoms with van der Waals surface area (Å²) in [5.41, 5.74) is 2.60. The molecule has 98 valence electrons. The third kappa shape index (κ3) is 2.30. The molecule has 2 aromatic rings. The molecule has 1 aromatic carbocycles. The maximum atomic E-state index is 6.07. The zero-order valence-corrected chi connectivity index (χ0v) is 11.9. The zero-order chi connectivity index (χ0) is 13.4. The lowest BCUT2D eigenvalue weighted by molar-refractivity contribution is 0.612. The van der Waals surface area contributed by atoms with Crippen LogP contribution in [-0.2, 0) is 6.42 Å². The Morgan fingerprint density at radius 1 is 1.26 bits per heavy atom. The summed E-state index contributed by atoms with van der Waals surface area (Å²) in [5.74, 6) is 1.59. The van der Waals surface area contributed by atoms with Gasteiger partial charge < -0.3 is 4.90 Å². The average Bonchev–Trinajstić information content (AvgIpc) is 2.37. The summed E-state index contributed by atoms with van der Waals surface area (Å²) in [6.45, 7) is 4.09. The van der Waals surface area contributed by atoms with E-state index in [0.29, 0.717) is 17.0 Å². The lowest BCUT2D eigenvalue weighted by atomic mass is 9.97. The number of hydrogen-bond acceptors (Lipinski definition) is 3. The first-order valence-electron chi connectivity index (χ1n) is 6.53. The average molecular weight is 274 g/mol. The minimum Gasteiger partial charge on any atom is -0.323 e. The smallest absolute Gasteiger partial charge is 0.138 e. The predicted molar refractivity (Wildman–Crippen MR) is 78.1 cm³/mol. The van der Waals surface area contributed by atoms with Crippen molar-refractivity contribution in [3.05, 3.63) is 46.9 Å². The number of halogens is 1. The highest BCUT2D eigenvalue weighted by Crippen LogP contribution is 2.36. The molecule has 0 bridgehead atoms. The number of benzene rings is 1. The van der Waals surface area contributed by atoms with E-state index < -0.39 is 0 Å². The fraction of sp³-hybridized carbons (Fsp3) is 0.333. The van der Waals surface area contributed by atoms with Gasteiger partial charge in [-0.15, -0.1) is 0 Å². The molecule has 2 heterocycles. The lowest BCUT2D eigenvalue weighted by Gasteiger charge is -2.36. The summed E-state index contributed by atoms with van der Waals surface area (Å²) >= 11 is 6.07. The fourth-order valence-electron chi connectivity index (χ4n) is 2.68. The Balaban J connectivity index is 2.13. The fourth-order valence-corrected chi connectivity index (χ4v) is 2.90. The molecule has 1 atom stereocenters. The van der Waals surface area contributed by atoms with Crippen molar-refractivity contribution in [2.75, 3.05) is 4.90 Å². The first-order chi connectivity index (χ1) is 9.15. The van der Waals surface area contributed by atoms with E-state index in [9.17, 15) is 0 Å². The van der Waals surface area contributed by atoms with E-state index in [1.165, 1.54) is 11.3 Å². The van der Waals surface area contributed by atoms with Crippen LogP contribution in [0.3, 0.4) is 0 Å². The van der Waals surface area contributed by atoms with Crippen molar-refractivity contribution in [2.24, 2.45) is 0 Å². The number of fused-ring (bicyclic) bond motifs is 1. The molecular weight excluding hydrogens is 258 g/mol. The first-order valence-corrected chi connectivity index (χ1v) is 6.91. The minimum atomic E-state index is 0.417. The van der Waals surface area contributed by atoms with Crippen molar-refractivity contribution in [2.45, 2.75) is 32.7 Å². The number of aryl methyl sites for hydroxylation is 2. The Kier molecular flexibility index (Phi) is 3.15.